The lowest BCUT2D eigenvalue weighted by Gasteiger charge is -2.24. The quantitative estimate of drug-likeness (QED) is 0.667. The third-order valence-corrected chi connectivity index (χ3v) is 5.59. The molecule has 25 heavy (non-hydrogen) atoms. The van der Waals surface area contributed by atoms with Crippen molar-refractivity contribution in [3.05, 3.63) is 53.0 Å². The summed E-state index contributed by atoms with van der Waals surface area (Å²) in [6, 6.07) is 9.19. The van der Waals surface area contributed by atoms with Crippen LogP contribution in [0.15, 0.2) is 35.0 Å². The number of hydrogen-bond donors (Lipinski definition) is 0. The molecule has 0 saturated carbocycles. The van der Waals surface area contributed by atoms with E-state index in [2.05, 4.69) is 65.9 Å². The summed E-state index contributed by atoms with van der Waals surface area (Å²) in [5.74, 6) is 1.06. The van der Waals surface area contributed by atoms with Gasteiger partial charge >= 0.3 is 0 Å². The van der Waals surface area contributed by atoms with Gasteiger partial charge in [-0.1, -0.05) is 30.3 Å². The molecule has 1 saturated heterocycles. The first-order chi connectivity index (χ1) is 12.2. The van der Waals surface area contributed by atoms with Crippen LogP contribution in [0.4, 0.5) is 0 Å². The van der Waals surface area contributed by atoms with Crippen LogP contribution in [-0.2, 0) is 19.5 Å². The number of para-hydroxylation sites is 1. The number of nitrogens with zero attached hydrogens (tertiary/aromatic N) is 3. The van der Waals surface area contributed by atoms with Crippen molar-refractivity contribution >= 4 is 10.9 Å². The Hall–Kier alpha value is -2.07. The number of likely N-dealkylation sites (tertiary alicyclic amines) is 1. The molecule has 0 spiro atoms. The summed E-state index contributed by atoms with van der Waals surface area (Å²) in [6.07, 6.45) is 5.68. The molecule has 0 radical (unpaired) electrons. The van der Waals surface area contributed by atoms with E-state index in [4.69, 9.17) is 4.52 Å². The molecule has 0 unspecified atom stereocenters. The van der Waals surface area contributed by atoms with E-state index >= 15 is 0 Å². The molecule has 0 amide bonds. The van der Waals surface area contributed by atoms with E-state index < -0.39 is 0 Å². The van der Waals surface area contributed by atoms with E-state index in [0.717, 1.165) is 37.5 Å². The Morgan fingerprint density at radius 3 is 2.88 bits per heavy atom. The van der Waals surface area contributed by atoms with Gasteiger partial charge in [0.25, 0.3) is 0 Å². The van der Waals surface area contributed by atoms with Crippen molar-refractivity contribution in [2.45, 2.75) is 59.2 Å². The van der Waals surface area contributed by atoms with Crippen LogP contribution in [0.5, 0.6) is 0 Å². The Labute approximate surface area is 149 Å². The summed E-state index contributed by atoms with van der Waals surface area (Å²) < 4.78 is 7.93. The average molecular weight is 337 g/mol. The van der Waals surface area contributed by atoms with E-state index in [1.807, 2.05) is 0 Å². The Bertz CT molecular complexity index is 877. The van der Waals surface area contributed by atoms with Crippen LogP contribution in [0.25, 0.3) is 10.9 Å². The maximum absolute atomic E-state index is 5.57. The summed E-state index contributed by atoms with van der Waals surface area (Å²) in [6.45, 7) is 9.59. The van der Waals surface area contributed by atoms with Crippen LogP contribution >= 0.6 is 0 Å². The lowest BCUT2D eigenvalue weighted by Crippen LogP contribution is -2.23. The zero-order chi connectivity index (χ0) is 17.4. The molecule has 3 aromatic rings. The molecule has 132 valence electrons. The minimum Gasteiger partial charge on any atom is -0.361 e. The second-order valence-corrected chi connectivity index (χ2v) is 7.04. The Kier molecular flexibility index (Phi) is 4.38. The molecule has 4 nitrogen and oxygen atoms in total. The van der Waals surface area contributed by atoms with Gasteiger partial charge in [-0.2, -0.15) is 0 Å². The van der Waals surface area contributed by atoms with Crippen molar-refractivity contribution in [2.24, 2.45) is 0 Å². The molecule has 0 N–H and O–H groups in total. The lowest BCUT2D eigenvalue weighted by molar-refractivity contribution is 0.245. The molecular formula is C21H27N3O. The van der Waals surface area contributed by atoms with E-state index in [-0.39, 0.29) is 0 Å². The molecule has 1 aromatic carbocycles. The highest BCUT2D eigenvalue weighted by Crippen LogP contribution is 2.37. The largest absolute Gasteiger partial charge is 0.361 e. The molecule has 1 atom stereocenters. The second-order valence-electron chi connectivity index (χ2n) is 7.04. The van der Waals surface area contributed by atoms with E-state index in [0.29, 0.717) is 6.04 Å². The average Bonchev–Trinajstić information content (AvgIpc) is 3.32. The first-order valence-corrected chi connectivity index (χ1v) is 9.48. The van der Waals surface area contributed by atoms with Gasteiger partial charge in [0.1, 0.15) is 5.76 Å². The molecule has 2 aromatic heterocycles. The van der Waals surface area contributed by atoms with Crippen molar-refractivity contribution in [1.29, 1.82) is 0 Å². The van der Waals surface area contributed by atoms with Gasteiger partial charge in [-0.15, -0.1) is 0 Å². The van der Waals surface area contributed by atoms with E-state index in [9.17, 15) is 0 Å². The van der Waals surface area contributed by atoms with Gasteiger partial charge in [-0.05, 0) is 44.9 Å². The predicted molar refractivity (Wildman–Crippen MR) is 101 cm³/mol. The number of fused-ring (bicyclic) bond motifs is 1. The van der Waals surface area contributed by atoms with Crippen LogP contribution in [0.1, 0.15) is 55.3 Å². The number of hydrogen-bond acceptors (Lipinski definition) is 3. The Morgan fingerprint density at radius 2 is 2.08 bits per heavy atom. The van der Waals surface area contributed by atoms with Crippen LogP contribution in [0.2, 0.25) is 0 Å². The third-order valence-electron chi connectivity index (χ3n) is 5.59. The number of rotatable bonds is 5. The molecule has 0 aliphatic carbocycles. The Morgan fingerprint density at radius 1 is 1.24 bits per heavy atom. The van der Waals surface area contributed by atoms with Crippen LogP contribution < -0.4 is 0 Å². The van der Waals surface area contributed by atoms with Crippen molar-refractivity contribution in [2.75, 3.05) is 6.54 Å². The van der Waals surface area contributed by atoms with Crippen LogP contribution in [0, 0.1) is 6.92 Å². The van der Waals surface area contributed by atoms with Crippen LogP contribution in [0.3, 0.4) is 0 Å². The predicted octanol–water partition coefficient (Wildman–Crippen LogP) is 4.86. The number of aromatic nitrogens is 2. The van der Waals surface area contributed by atoms with Gasteiger partial charge < -0.3 is 9.09 Å². The standard InChI is InChI=1S/C21H27N3O/c1-4-20-21(15(3)22-25-20)19-11-8-12-24(19)14-16-13-23(5-2)18-10-7-6-9-17(16)18/h6-7,9-10,13,19H,4-5,8,11-12,14H2,1-3H3/t19-/m0/s1. The first kappa shape index (κ1) is 16.4. The highest BCUT2D eigenvalue weighted by atomic mass is 16.5. The SMILES string of the molecule is CCc1onc(C)c1[C@@H]1CCCN1Cc1cn(CC)c2ccccc12. The maximum Gasteiger partial charge on any atom is 0.141 e. The van der Waals surface area contributed by atoms with Gasteiger partial charge in [-0.3, -0.25) is 4.90 Å². The lowest BCUT2D eigenvalue weighted by atomic mass is 10.0. The molecule has 4 rings (SSSR count). The topological polar surface area (TPSA) is 34.2 Å². The summed E-state index contributed by atoms with van der Waals surface area (Å²) in [4.78, 5) is 2.61. The molecule has 1 fully saturated rings. The molecule has 1 aliphatic heterocycles. The van der Waals surface area contributed by atoms with E-state index in [1.54, 1.807) is 0 Å². The molecule has 0 bridgehead atoms. The summed E-state index contributed by atoms with van der Waals surface area (Å²) in [5.41, 5.74) is 5.16. The highest BCUT2D eigenvalue weighted by molar-refractivity contribution is 5.83. The fourth-order valence-electron chi connectivity index (χ4n) is 4.38. The molecule has 3 heterocycles. The third kappa shape index (κ3) is 2.78. The van der Waals surface area contributed by atoms with Crippen molar-refractivity contribution < 1.29 is 4.52 Å². The van der Waals surface area contributed by atoms with Crippen LogP contribution in [-0.4, -0.2) is 21.2 Å². The number of benzene rings is 1. The Balaban J connectivity index is 1.67. The highest BCUT2D eigenvalue weighted by Gasteiger charge is 2.31. The van der Waals surface area contributed by atoms with Gasteiger partial charge in [-0.25, -0.2) is 0 Å². The zero-order valence-electron chi connectivity index (χ0n) is 15.5. The minimum absolute atomic E-state index is 0.435. The summed E-state index contributed by atoms with van der Waals surface area (Å²) in [5, 5.41) is 5.62. The maximum atomic E-state index is 5.57. The zero-order valence-corrected chi connectivity index (χ0v) is 15.5. The number of aryl methyl sites for hydroxylation is 3. The normalized spacial score (nSPS) is 18.4. The summed E-state index contributed by atoms with van der Waals surface area (Å²) >= 11 is 0. The second kappa shape index (κ2) is 6.68. The van der Waals surface area contributed by atoms with Crippen molar-refractivity contribution in [3.63, 3.8) is 0 Å². The van der Waals surface area contributed by atoms with Crippen molar-refractivity contribution in [3.8, 4) is 0 Å². The first-order valence-electron chi connectivity index (χ1n) is 9.48. The van der Waals surface area contributed by atoms with Gasteiger partial charge in [0.2, 0.25) is 0 Å². The molecule has 1 aliphatic rings. The molecular weight excluding hydrogens is 310 g/mol. The van der Waals surface area contributed by atoms with Gasteiger partial charge in [0.05, 0.1) is 5.69 Å². The molecule has 4 heteroatoms. The summed E-state index contributed by atoms with van der Waals surface area (Å²) in [7, 11) is 0. The minimum atomic E-state index is 0.435. The smallest absolute Gasteiger partial charge is 0.141 e. The monoisotopic (exact) mass is 337 g/mol. The van der Waals surface area contributed by atoms with Gasteiger partial charge in [0.15, 0.2) is 0 Å². The van der Waals surface area contributed by atoms with Crippen molar-refractivity contribution in [1.82, 2.24) is 14.6 Å². The fourth-order valence-corrected chi connectivity index (χ4v) is 4.38. The van der Waals surface area contributed by atoms with Gasteiger partial charge in [0, 0.05) is 48.2 Å². The van der Waals surface area contributed by atoms with E-state index in [1.165, 1.54) is 34.9 Å². The fraction of sp³-hybridized carbons (Fsp3) is 0.476.